The molecule has 7 heteroatoms. The first-order chi connectivity index (χ1) is 13.3. The molecule has 1 aliphatic rings. The smallest absolute Gasteiger partial charge is 0.232 e. The van der Waals surface area contributed by atoms with E-state index in [0.29, 0.717) is 36.3 Å². The average molecular weight is 361 g/mol. The molecule has 0 atom stereocenters. The number of aryl methyl sites for hydroxylation is 1. The number of aromatic nitrogens is 3. The van der Waals surface area contributed by atoms with Gasteiger partial charge in [-0.25, -0.2) is 0 Å². The summed E-state index contributed by atoms with van der Waals surface area (Å²) in [7, 11) is 0. The van der Waals surface area contributed by atoms with Crippen LogP contribution >= 0.6 is 0 Å². The fourth-order valence-electron chi connectivity index (χ4n) is 3.05. The molecule has 1 fully saturated rings. The van der Waals surface area contributed by atoms with Crippen molar-refractivity contribution in [1.29, 1.82) is 5.26 Å². The monoisotopic (exact) mass is 361 g/mol. The van der Waals surface area contributed by atoms with E-state index in [4.69, 9.17) is 9.15 Å². The van der Waals surface area contributed by atoms with Crippen molar-refractivity contribution in [3.63, 3.8) is 0 Å². The molecule has 27 heavy (non-hydrogen) atoms. The van der Waals surface area contributed by atoms with Crippen molar-refractivity contribution in [2.75, 3.05) is 31.2 Å². The SMILES string of the molecule is Cc1ccc(/C=C(\C#N)c2nnc(N3CCOCC3)n2-c2ccccc2)o1. The van der Waals surface area contributed by atoms with E-state index in [-0.39, 0.29) is 0 Å². The van der Waals surface area contributed by atoms with Crippen molar-refractivity contribution < 1.29 is 9.15 Å². The summed E-state index contributed by atoms with van der Waals surface area (Å²) < 4.78 is 13.0. The summed E-state index contributed by atoms with van der Waals surface area (Å²) >= 11 is 0. The summed E-state index contributed by atoms with van der Waals surface area (Å²) in [6.45, 7) is 4.61. The minimum atomic E-state index is 0.389. The second-order valence-corrected chi connectivity index (χ2v) is 6.21. The molecular formula is C20H19N5O2. The lowest BCUT2D eigenvalue weighted by molar-refractivity contribution is 0.122. The van der Waals surface area contributed by atoms with Gasteiger partial charge >= 0.3 is 0 Å². The highest BCUT2D eigenvalue weighted by Gasteiger charge is 2.23. The van der Waals surface area contributed by atoms with Crippen molar-refractivity contribution in [1.82, 2.24) is 14.8 Å². The molecule has 0 bridgehead atoms. The van der Waals surface area contributed by atoms with Crippen LogP contribution in [-0.2, 0) is 4.74 Å². The largest absolute Gasteiger partial charge is 0.462 e. The van der Waals surface area contributed by atoms with Gasteiger partial charge in [-0.15, -0.1) is 10.2 Å². The molecule has 0 unspecified atom stereocenters. The second kappa shape index (κ2) is 7.48. The van der Waals surface area contributed by atoms with Crippen LogP contribution < -0.4 is 4.90 Å². The maximum Gasteiger partial charge on any atom is 0.232 e. The Balaban J connectivity index is 1.83. The van der Waals surface area contributed by atoms with Gasteiger partial charge in [-0.3, -0.25) is 4.57 Å². The van der Waals surface area contributed by atoms with E-state index in [1.807, 2.05) is 54.0 Å². The summed E-state index contributed by atoms with van der Waals surface area (Å²) in [5, 5.41) is 18.5. The van der Waals surface area contributed by atoms with Crippen LogP contribution in [-0.4, -0.2) is 41.1 Å². The molecule has 7 nitrogen and oxygen atoms in total. The van der Waals surface area contributed by atoms with Gasteiger partial charge in [0.25, 0.3) is 0 Å². The molecule has 3 aromatic rings. The van der Waals surface area contributed by atoms with E-state index in [1.54, 1.807) is 6.08 Å². The average Bonchev–Trinajstić information content (AvgIpc) is 3.33. The van der Waals surface area contributed by atoms with Gasteiger partial charge in [-0.05, 0) is 31.2 Å². The number of ether oxygens (including phenoxy) is 1. The molecule has 2 aromatic heterocycles. The fraction of sp³-hybridized carbons (Fsp3) is 0.250. The molecule has 3 heterocycles. The van der Waals surface area contributed by atoms with Gasteiger partial charge in [0.1, 0.15) is 23.2 Å². The van der Waals surface area contributed by atoms with Crippen LogP contribution in [0, 0.1) is 18.3 Å². The Bertz CT molecular complexity index is 991. The number of allylic oxidation sites excluding steroid dienone is 1. The standard InChI is InChI=1S/C20H19N5O2/c1-15-7-8-18(27-15)13-16(14-21)19-22-23-20(24-9-11-26-12-10-24)25(19)17-5-3-2-4-6-17/h2-8,13H,9-12H2,1H3/b16-13+. The molecular weight excluding hydrogens is 342 g/mol. The number of nitriles is 1. The quantitative estimate of drug-likeness (QED) is 0.665. The number of para-hydroxylation sites is 1. The highest BCUT2D eigenvalue weighted by molar-refractivity contribution is 5.87. The Morgan fingerprint density at radius 3 is 2.56 bits per heavy atom. The van der Waals surface area contributed by atoms with Crippen molar-refractivity contribution in [3.8, 4) is 11.8 Å². The van der Waals surface area contributed by atoms with E-state index >= 15 is 0 Å². The molecule has 0 spiro atoms. The maximum atomic E-state index is 9.76. The predicted octanol–water partition coefficient (Wildman–Crippen LogP) is 3.07. The number of furan rings is 1. The normalized spacial score (nSPS) is 15.0. The number of benzene rings is 1. The van der Waals surface area contributed by atoms with Crippen LogP contribution in [0.5, 0.6) is 0 Å². The number of hydrogen-bond acceptors (Lipinski definition) is 6. The van der Waals surface area contributed by atoms with Gasteiger partial charge in [-0.1, -0.05) is 18.2 Å². The Morgan fingerprint density at radius 2 is 1.89 bits per heavy atom. The van der Waals surface area contributed by atoms with E-state index in [0.717, 1.165) is 24.5 Å². The molecule has 0 saturated carbocycles. The first-order valence-corrected chi connectivity index (χ1v) is 8.78. The predicted molar refractivity (Wildman–Crippen MR) is 101 cm³/mol. The summed E-state index contributed by atoms with van der Waals surface area (Å²) in [5.74, 6) is 2.59. The summed E-state index contributed by atoms with van der Waals surface area (Å²) in [6.07, 6.45) is 1.69. The highest BCUT2D eigenvalue weighted by atomic mass is 16.5. The molecule has 4 rings (SSSR count). The summed E-state index contributed by atoms with van der Waals surface area (Å²) in [5.41, 5.74) is 1.29. The van der Waals surface area contributed by atoms with E-state index in [2.05, 4.69) is 21.2 Å². The van der Waals surface area contributed by atoms with Crippen LogP contribution in [0.1, 0.15) is 17.3 Å². The van der Waals surface area contributed by atoms with Gasteiger partial charge < -0.3 is 14.1 Å². The van der Waals surface area contributed by atoms with Gasteiger partial charge in [0.15, 0.2) is 5.82 Å². The molecule has 0 amide bonds. The van der Waals surface area contributed by atoms with Crippen LogP contribution in [0.15, 0.2) is 46.9 Å². The molecule has 1 saturated heterocycles. The van der Waals surface area contributed by atoms with Crippen molar-refractivity contribution in [3.05, 3.63) is 59.8 Å². The van der Waals surface area contributed by atoms with Gasteiger partial charge in [0, 0.05) is 19.2 Å². The fourth-order valence-corrected chi connectivity index (χ4v) is 3.05. The minimum absolute atomic E-state index is 0.389. The zero-order valence-corrected chi connectivity index (χ0v) is 15.0. The first kappa shape index (κ1) is 17.1. The maximum absolute atomic E-state index is 9.76. The third kappa shape index (κ3) is 3.48. The first-order valence-electron chi connectivity index (χ1n) is 8.78. The van der Waals surface area contributed by atoms with Crippen LogP contribution in [0.25, 0.3) is 17.3 Å². The summed E-state index contributed by atoms with van der Waals surface area (Å²) in [6, 6.07) is 15.7. The van der Waals surface area contributed by atoms with E-state index in [9.17, 15) is 5.26 Å². The molecule has 0 N–H and O–H groups in total. The number of nitrogens with zero attached hydrogens (tertiary/aromatic N) is 5. The van der Waals surface area contributed by atoms with Crippen molar-refractivity contribution in [2.45, 2.75) is 6.92 Å². The highest BCUT2D eigenvalue weighted by Crippen LogP contribution is 2.26. The Hall–Kier alpha value is -3.37. The zero-order chi connectivity index (χ0) is 18.6. The number of rotatable bonds is 4. The zero-order valence-electron chi connectivity index (χ0n) is 15.0. The van der Waals surface area contributed by atoms with E-state index < -0.39 is 0 Å². The van der Waals surface area contributed by atoms with E-state index in [1.165, 1.54) is 0 Å². The lowest BCUT2D eigenvalue weighted by Gasteiger charge is -2.28. The van der Waals surface area contributed by atoms with Gasteiger partial charge in [0.2, 0.25) is 5.95 Å². The molecule has 0 aliphatic carbocycles. The second-order valence-electron chi connectivity index (χ2n) is 6.21. The van der Waals surface area contributed by atoms with Crippen molar-refractivity contribution in [2.24, 2.45) is 0 Å². The van der Waals surface area contributed by atoms with Gasteiger partial charge in [-0.2, -0.15) is 5.26 Å². The Kier molecular flexibility index (Phi) is 4.73. The Labute approximate surface area is 157 Å². The van der Waals surface area contributed by atoms with Crippen LogP contribution in [0.4, 0.5) is 5.95 Å². The van der Waals surface area contributed by atoms with Crippen LogP contribution in [0.2, 0.25) is 0 Å². The molecule has 136 valence electrons. The van der Waals surface area contributed by atoms with Gasteiger partial charge in [0.05, 0.1) is 18.9 Å². The van der Waals surface area contributed by atoms with Crippen molar-refractivity contribution >= 4 is 17.6 Å². The lowest BCUT2D eigenvalue weighted by Crippen LogP contribution is -2.38. The number of anilines is 1. The molecule has 1 aliphatic heterocycles. The summed E-state index contributed by atoms with van der Waals surface area (Å²) in [4.78, 5) is 2.12. The third-order valence-electron chi connectivity index (χ3n) is 4.36. The number of hydrogen-bond donors (Lipinski definition) is 0. The third-order valence-corrected chi connectivity index (χ3v) is 4.36. The molecule has 1 aromatic carbocycles. The Morgan fingerprint density at radius 1 is 1.11 bits per heavy atom. The molecule has 0 radical (unpaired) electrons. The van der Waals surface area contributed by atoms with Crippen LogP contribution in [0.3, 0.4) is 0 Å². The lowest BCUT2D eigenvalue weighted by atomic mass is 10.2. The number of morpholine rings is 1. The minimum Gasteiger partial charge on any atom is -0.462 e. The topological polar surface area (TPSA) is 80.1 Å².